The molecule has 0 aliphatic heterocycles. The van der Waals surface area contributed by atoms with Crippen LogP contribution in [0.3, 0.4) is 0 Å². The molecule has 0 rings (SSSR count). The molecule has 0 aliphatic carbocycles. The Morgan fingerprint density at radius 3 is 1.87 bits per heavy atom. The van der Waals surface area contributed by atoms with Crippen molar-refractivity contribution in [3.63, 3.8) is 0 Å². The van der Waals surface area contributed by atoms with E-state index in [9.17, 15) is 9.90 Å². The van der Waals surface area contributed by atoms with Crippen LogP contribution in [0.25, 0.3) is 0 Å². The Hall–Kier alpha value is -0.530. The van der Waals surface area contributed by atoms with Crippen LogP contribution in [0.15, 0.2) is 0 Å². The molecule has 0 aromatic carbocycles. The molecule has 2 heteroatoms. The summed E-state index contributed by atoms with van der Waals surface area (Å²) in [5, 5.41) is 9.63. The fourth-order valence-corrected chi connectivity index (χ4v) is 3.64. The second kappa shape index (κ2) is 13.9. The third-order valence-corrected chi connectivity index (χ3v) is 5.26. The van der Waals surface area contributed by atoms with Crippen LogP contribution < -0.4 is 0 Å². The minimum atomic E-state index is -0.571. The third-order valence-electron chi connectivity index (χ3n) is 5.26. The van der Waals surface area contributed by atoms with Gasteiger partial charge in [0, 0.05) is 0 Å². The minimum Gasteiger partial charge on any atom is -0.481 e. The number of unbranched alkanes of at least 4 members (excludes halogenated alkanes) is 7. The van der Waals surface area contributed by atoms with Gasteiger partial charge >= 0.3 is 5.97 Å². The molecule has 23 heavy (non-hydrogen) atoms. The topological polar surface area (TPSA) is 37.3 Å². The zero-order valence-electron chi connectivity index (χ0n) is 16.3. The van der Waals surface area contributed by atoms with E-state index in [2.05, 4.69) is 27.7 Å². The normalized spacial score (nSPS) is 15.3. The third kappa shape index (κ3) is 11.6. The van der Waals surface area contributed by atoms with Gasteiger partial charge in [0.05, 0.1) is 5.92 Å². The van der Waals surface area contributed by atoms with Crippen molar-refractivity contribution in [1.29, 1.82) is 0 Å². The molecular weight excluding hydrogens is 284 g/mol. The van der Waals surface area contributed by atoms with Crippen LogP contribution in [-0.4, -0.2) is 11.1 Å². The standard InChI is InChI=1S/C21H42O2/c1-5-8-11-13-15-19(20(22)23)18-21(4,16-10-7-3)17-14-12-9-6-2/h19H,5-18H2,1-4H3,(H,22,23). The average Bonchev–Trinajstić information content (AvgIpc) is 2.52. The summed E-state index contributed by atoms with van der Waals surface area (Å²) in [6.07, 6.45) is 16.4. The molecule has 0 radical (unpaired) electrons. The van der Waals surface area contributed by atoms with E-state index < -0.39 is 5.97 Å². The Kier molecular flexibility index (Phi) is 13.5. The molecule has 0 aliphatic rings. The molecule has 0 saturated heterocycles. The minimum absolute atomic E-state index is 0.139. The summed E-state index contributed by atoms with van der Waals surface area (Å²) in [6.45, 7) is 9.02. The summed E-state index contributed by atoms with van der Waals surface area (Å²) in [5.74, 6) is -0.710. The molecule has 0 heterocycles. The fourth-order valence-electron chi connectivity index (χ4n) is 3.64. The summed E-state index contributed by atoms with van der Waals surface area (Å²) in [7, 11) is 0. The van der Waals surface area contributed by atoms with E-state index in [-0.39, 0.29) is 11.3 Å². The lowest BCUT2D eigenvalue weighted by Crippen LogP contribution is -2.25. The molecule has 0 bridgehead atoms. The highest BCUT2D eigenvalue weighted by Crippen LogP contribution is 2.38. The Labute approximate surface area is 145 Å². The van der Waals surface area contributed by atoms with E-state index in [0.29, 0.717) is 0 Å². The van der Waals surface area contributed by atoms with Crippen molar-refractivity contribution in [3.8, 4) is 0 Å². The van der Waals surface area contributed by atoms with Gasteiger partial charge in [0.2, 0.25) is 0 Å². The Morgan fingerprint density at radius 1 is 0.826 bits per heavy atom. The molecule has 0 saturated carbocycles. The van der Waals surface area contributed by atoms with E-state index >= 15 is 0 Å². The summed E-state index contributed by atoms with van der Waals surface area (Å²) in [5.41, 5.74) is 0.220. The number of hydrogen-bond acceptors (Lipinski definition) is 1. The highest BCUT2D eigenvalue weighted by Gasteiger charge is 2.30. The Morgan fingerprint density at radius 2 is 1.35 bits per heavy atom. The van der Waals surface area contributed by atoms with Gasteiger partial charge in [-0.15, -0.1) is 0 Å². The van der Waals surface area contributed by atoms with Crippen molar-refractivity contribution in [2.45, 2.75) is 118 Å². The summed E-state index contributed by atoms with van der Waals surface area (Å²) >= 11 is 0. The quantitative estimate of drug-likeness (QED) is 0.304. The lowest BCUT2D eigenvalue weighted by molar-refractivity contribution is -0.143. The van der Waals surface area contributed by atoms with Crippen molar-refractivity contribution in [1.82, 2.24) is 0 Å². The number of aliphatic carboxylic acids is 1. The van der Waals surface area contributed by atoms with Gasteiger partial charge < -0.3 is 5.11 Å². The molecule has 0 fully saturated rings. The average molecular weight is 327 g/mol. The smallest absolute Gasteiger partial charge is 0.306 e. The Balaban J connectivity index is 4.54. The summed E-state index contributed by atoms with van der Waals surface area (Å²) < 4.78 is 0. The SMILES string of the molecule is CCCCCCC(CC(C)(CCCC)CCCCCC)C(=O)O. The van der Waals surface area contributed by atoms with E-state index in [0.717, 1.165) is 19.3 Å². The lowest BCUT2D eigenvalue weighted by Gasteiger charge is -2.32. The van der Waals surface area contributed by atoms with Crippen molar-refractivity contribution < 1.29 is 9.90 Å². The second-order valence-electron chi connectivity index (χ2n) is 7.81. The van der Waals surface area contributed by atoms with Crippen molar-refractivity contribution in [2.75, 3.05) is 0 Å². The number of carboxylic acids is 1. The van der Waals surface area contributed by atoms with Crippen molar-refractivity contribution in [2.24, 2.45) is 11.3 Å². The number of carbonyl (C=O) groups is 1. The van der Waals surface area contributed by atoms with Crippen molar-refractivity contribution in [3.05, 3.63) is 0 Å². The van der Waals surface area contributed by atoms with E-state index in [1.165, 1.54) is 70.6 Å². The van der Waals surface area contributed by atoms with E-state index in [1.54, 1.807) is 0 Å². The molecule has 2 atom stereocenters. The predicted octanol–water partition coefficient (Wildman–Crippen LogP) is 7.21. The van der Waals surface area contributed by atoms with Crippen LogP contribution in [0.4, 0.5) is 0 Å². The number of rotatable bonds is 16. The van der Waals surface area contributed by atoms with Gasteiger partial charge in [-0.05, 0) is 31.1 Å². The van der Waals surface area contributed by atoms with E-state index in [4.69, 9.17) is 0 Å². The monoisotopic (exact) mass is 326 g/mol. The zero-order valence-corrected chi connectivity index (χ0v) is 16.3. The van der Waals surface area contributed by atoms with Crippen LogP contribution in [0.5, 0.6) is 0 Å². The molecule has 0 aromatic rings. The number of carboxylic acid groups (broad SMARTS) is 1. The van der Waals surface area contributed by atoms with Crippen LogP contribution in [-0.2, 0) is 4.79 Å². The van der Waals surface area contributed by atoms with Gasteiger partial charge in [-0.2, -0.15) is 0 Å². The fraction of sp³-hybridized carbons (Fsp3) is 0.952. The van der Waals surface area contributed by atoms with Crippen LogP contribution in [0, 0.1) is 11.3 Å². The largest absolute Gasteiger partial charge is 0.481 e. The number of hydrogen-bond donors (Lipinski definition) is 1. The first-order chi connectivity index (χ1) is 11.0. The van der Waals surface area contributed by atoms with Crippen LogP contribution in [0.1, 0.15) is 118 Å². The second-order valence-corrected chi connectivity index (χ2v) is 7.81. The highest BCUT2D eigenvalue weighted by molar-refractivity contribution is 5.69. The van der Waals surface area contributed by atoms with E-state index in [1.807, 2.05) is 0 Å². The van der Waals surface area contributed by atoms with Gasteiger partial charge in [-0.3, -0.25) is 4.79 Å². The van der Waals surface area contributed by atoms with Gasteiger partial charge in [0.1, 0.15) is 0 Å². The Bertz CT molecular complexity index is 288. The zero-order chi connectivity index (χ0) is 17.6. The molecular formula is C21H42O2. The molecule has 2 unspecified atom stereocenters. The maximum atomic E-state index is 11.7. The molecule has 1 N–H and O–H groups in total. The summed E-state index contributed by atoms with van der Waals surface area (Å²) in [6, 6.07) is 0. The summed E-state index contributed by atoms with van der Waals surface area (Å²) in [4.78, 5) is 11.7. The molecule has 0 spiro atoms. The molecule has 0 aromatic heterocycles. The highest BCUT2D eigenvalue weighted by atomic mass is 16.4. The van der Waals surface area contributed by atoms with Gasteiger partial charge in [-0.25, -0.2) is 0 Å². The first-order valence-electron chi connectivity index (χ1n) is 10.2. The van der Waals surface area contributed by atoms with Gasteiger partial charge in [-0.1, -0.05) is 91.9 Å². The molecule has 2 nitrogen and oxygen atoms in total. The van der Waals surface area contributed by atoms with Gasteiger partial charge in [0.15, 0.2) is 0 Å². The van der Waals surface area contributed by atoms with Crippen LogP contribution >= 0.6 is 0 Å². The predicted molar refractivity (Wildman–Crippen MR) is 101 cm³/mol. The lowest BCUT2D eigenvalue weighted by atomic mass is 9.72. The molecule has 0 amide bonds. The first kappa shape index (κ1) is 22.5. The van der Waals surface area contributed by atoms with Crippen LogP contribution in [0.2, 0.25) is 0 Å². The van der Waals surface area contributed by atoms with Gasteiger partial charge in [0.25, 0.3) is 0 Å². The molecule has 138 valence electrons. The van der Waals surface area contributed by atoms with Crippen molar-refractivity contribution >= 4 is 5.97 Å². The first-order valence-corrected chi connectivity index (χ1v) is 10.2. The maximum absolute atomic E-state index is 11.7. The maximum Gasteiger partial charge on any atom is 0.306 e.